The monoisotopic (exact) mass is 516 g/mol. The van der Waals surface area contributed by atoms with Gasteiger partial charge in [0.05, 0.1) is 25.4 Å². The third-order valence-corrected chi connectivity index (χ3v) is 7.06. The molecule has 0 amide bonds. The number of hydrogen-bond donors (Lipinski definition) is 3. The fourth-order valence-corrected chi connectivity index (χ4v) is 4.80. The van der Waals surface area contributed by atoms with Gasteiger partial charge in [0.15, 0.2) is 0 Å². The zero-order valence-corrected chi connectivity index (χ0v) is 21.0. The molecule has 0 radical (unpaired) electrons. The van der Waals surface area contributed by atoms with Crippen LogP contribution in [0, 0.1) is 0 Å². The van der Waals surface area contributed by atoms with Crippen molar-refractivity contribution in [2.24, 2.45) is 0 Å². The van der Waals surface area contributed by atoms with Gasteiger partial charge in [-0.15, -0.1) is 0 Å². The van der Waals surface area contributed by atoms with Gasteiger partial charge >= 0.3 is 0 Å². The molecule has 0 bridgehead atoms. The summed E-state index contributed by atoms with van der Waals surface area (Å²) in [5.74, 6) is 0.847. The Morgan fingerprint density at radius 2 is 1.51 bits per heavy atom. The lowest BCUT2D eigenvalue weighted by atomic mass is 9.92. The Kier molecular flexibility index (Phi) is 8.71. The van der Waals surface area contributed by atoms with Gasteiger partial charge in [-0.2, -0.15) is 0 Å². The topological polar surface area (TPSA) is 79.2 Å². The van der Waals surface area contributed by atoms with Gasteiger partial charge in [-0.25, -0.2) is 0 Å². The van der Waals surface area contributed by atoms with Crippen LogP contribution in [0.25, 0.3) is 0 Å². The Hall–Kier alpha value is -2.12. The molecule has 5 nitrogen and oxygen atoms in total. The van der Waals surface area contributed by atoms with Crippen molar-refractivity contribution in [1.29, 1.82) is 0 Å². The maximum absolute atomic E-state index is 10.2. The van der Waals surface area contributed by atoms with E-state index in [0.29, 0.717) is 29.5 Å². The summed E-state index contributed by atoms with van der Waals surface area (Å²) < 4.78 is 11.4. The first-order valence-electron chi connectivity index (χ1n) is 11.8. The highest BCUT2D eigenvalue weighted by molar-refractivity contribution is 6.31. The van der Waals surface area contributed by atoms with Crippen LogP contribution in [0.1, 0.15) is 47.3 Å². The van der Waals surface area contributed by atoms with Gasteiger partial charge in [0, 0.05) is 16.5 Å². The predicted octanol–water partition coefficient (Wildman–Crippen LogP) is 5.12. The Morgan fingerprint density at radius 1 is 0.886 bits per heavy atom. The van der Waals surface area contributed by atoms with Crippen molar-refractivity contribution in [3.05, 3.63) is 98.5 Å². The van der Waals surface area contributed by atoms with Gasteiger partial charge in [0.1, 0.15) is 18.0 Å². The van der Waals surface area contributed by atoms with Crippen LogP contribution in [0.15, 0.2) is 60.7 Å². The maximum Gasteiger partial charge on any atom is 0.119 e. The summed E-state index contributed by atoms with van der Waals surface area (Å²) in [6, 6.07) is 19.7. The van der Waals surface area contributed by atoms with Crippen LogP contribution >= 0.6 is 23.2 Å². The Balaban J connectivity index is 1.52. The first-order valence-corrected chi connectivity index (χ1v) is 12.5. The second-order valence-electron chi connectivity index (χ2n) is 8.85. The average molecular weight is 517 g/mol. The number of halogens is 2. The van der Waals surface area contributed by atoms with Crippen molar-refractivity contribution < 1.29 is 24.8 Å². The van der Waals surface area contributed by atoms with E-state index in [4.69, 9.17) is 32.7 Å². The van der Waals surface area contributed by atoms with Crippen LogP contribution in [-0.4, -0.2) is 46.8 Å². The largest absolute Gasteiger partial charge is 0.494 e. The number of aliphatic hydroxyl groups is 3. The van der Waals surface area contributed by atoms with E-state index in [2.05, 4.69) is 6.07 Å². The van der Waals surface area contributed by atoms with E-state index >= 15 is 0 Å². The molecule has 3 aromatic rings. The summed E-state index contributed by atoms with van der Waals surface area (Å²) in [6.07, 6.45) is -1.80. The van der Waals surface area contributed by atoms with Crippen LogP contribution in [0.5, 0.6) is 5.75 Å². The number of ether oxygens (including phenoxy) is 2. The molecule has 4 rings (SSSR count). The Morgan fingerprint density at radius 3 is 2.20 bits per heavy atom. The molecule has 0 saturated carbocycles. The molecule has 1 aliphatic heterocycles. The standard InChI is InChI=1S/C28H30Cl2O5/c1-2-34-22-7-3-17(4-8-22)11-20-12-18(5-9-23(20)29)13-21-14-19(6-10-24(21)30)26-15-25(32)28(33)27(16-31)35-26/h3-10,12,14,25-28,31-33H,2,11,13,15-16H2,1H3/t25-,26-,27-,28+/m1/s1. The molecule has 1 heterocycles. The molecule has 3 aromatic carbocycles. The minimum atomic E-state index is -1.11. The molecule has 186 valence electrons. The van der Waals surface area contributed by atoms with Crippen LogP contribution in [0.3, 0.4) is 0 Å². The minimum absolute atomic E-state index is 0.242. The quantitative estimate of drug-likeness (QED) is 0.387. The first kappa shape index (κ1) is 26.0. The van der Waals surface area contributed by atoms with Gasteiger partial charge in [-0.3, -0.25) is 0 Å². The van der Waals surface area contributed by atoms with E-state index in [-0.39, 0.29) is 13.0 Å². The van der Waals surface area contributed by atoms with Crippen LogP contribution in [-0.2, 0) is 17.6 Å². The minimum Gasteiger partial charge on any atom is -0.494 e. The molecule has 0 unspecified atom stereocenters. The average Bonchev–Trinajstić information content (AvgIpc) is 2.85. The normalized spacial score (nSPS) is 22.2. The predicted molar refractivity (Wildman–Crippen MR) is 137 cm³/mol. The van der Waals surface area contributed by atoms with E-state index < -0.39 is 24.4 Å². The fraction of sp³-hybridized carbons (Fsp3) is 0.357. The zero-order chi connectivity index (χ0) is 24.9. The molecule has 3 N–H and O–H groups in total. The summed E-state index contributed by atoms with van der Waals surface area (Å²) in [5, 5.41) is 31.1. The van der Waals surface area contributed by atoms with E-state index in [0.717, 1.165) is 33.6 Å². The van der Waals surface area contributed by atoms with Gasteiger partial charge in [0.2, 0.25) is 0 Å². The first-order chi connectivity index (χ1) is 16.9. The summed E-state index contributed by atoms with van der Waals surface area (Å²) in [7, 11) is 0. The molecule has 4 atom stereocenters. The molecule has 0 aliphatic carbocycles. The molecule has 1 fully saturated rings. The van der Waals surface area contributed by atoms with Crippen LogP contribution in [0.4, 0.5) is 0 Å². The molecular weight excluding hydrogens is 487 g/mol. The van der Waals surface area contributed by atoms with Gasteiger partial charge in [0.25, 0.3) is 0 Å². The molecule has 0 aromatic heterocycles. The van der Waals surface area contributed by atoms with Crippen molar-refractivity contribution >= 4 is 23.2 Å². The highest BCUT2D eigenvalue weighted by atomic mass is 35.5. The maximum atomic E-state index is 10.2. The van der Waals surface area contributed by atoms with Gasteiger partial charge < -0.3 is 24.8 Å². The number of aliphatic hydroxyl groups excluding tert-OH is 3. The van der Waals surface area contributed by atoms with E-state index in [1.807, 2.05) is 61.5 Å². The van der Waals surface area contributed by atoms with E-state index in [1.165, 1.54) is 0 Å². The van der Waals surface area contributed by atoms with Gasteiger partial charge in [-0.1, -0.05) is 59.6 Å². The van der Waals surface area contributed by atoms with Crippen molar-refractivity contribution in [3.8, 4) is 5.75 Å². The number of hydrogen-bond acceptors (Lipinski definition) is 5. The van der Waals surface area contributed by atoms with Gasteiger partial charge in [-0.05, 0) is 71.8 Å². The summed E-state index contributed by atoms with van der Waals surface area (Å²) >= 11 is 13.0. The second kappa shape index (κ2) is 11.7. The lowest BCUT2D eigenvalue weighted by Crippen LogP contribution is -2.47. The molecule has 7 heteroatoms. The zero-order valence-electron chi connectivity index (χ0n) is 19.5. The molecule has 1 saturated heterocycles. The summed E-state index contributed by atoms with van der Waals surface area (Å²) in [4.78, 5) is 0. The third-order valence-electron chi connectivity index (χ3n) is 6.32. The number of rotatable bonds is 8. The lowest BCUT2D eigenvalue weighted by molar-refractivity contribution is -0.181. The van der Waals surface area contributed by atoms with E-state index in [9.17, 15) is 15.3 Å². The molecule has 35 heavy (non-hydrogen) atoms. The molecular formula is C28H30Cl2O5. The highest BCUT2D eigenvalue weighted by Gasteiger charge is 2.37. The Labute approximate surface area is 215 Å². The smallest absolute Gasteiger partial charge is 0.119 e. The van der Waals surface area contributed by atoms with Crippen molar-refractivity contribution in [2.45, 2.75) is 50.6 Å². The van der Waals surface area contributed by atoms with Crippen LogP contribution < -0.4 is 4.74 Å². The SMILES string of the molecule is CCOc1ccc(Cc2cc(Cc3cc([C@H]4C[C@@H](O)[C@H](O)[C@@H](CO)O4)ccc3Cl)ccc2Cl)cc1. The number of benzene rings is 3. The highest BCUT2D eigenvalue weighted by Crippen LogP contribution is 2.34. The van der Waals surface area contributed by atoms with Crippen LogP contribution in [0.2, 0.25) is 10.0 Å². The molecule has 1 aliphatic rings. The lowest BCUT2D eigenvalue weighted by Gasteiger charge is -2.36. The van der Waals surface area contributed by atoms with Crippen molar-refractivity contribution in [1.82, 2.24) is 0 Å². The van der Waals surface area contributed by atoms with Crippen molar-refractivity contribution in [2.75, 3.05) is 13.2 Å². The van der Waals surface area contributed by atoms with E-state index in [1.54, 1.807) is 0 Å². The second-order valence-corrected chi connectivity index (χ2v) is 9.66. The Bertz CT molecular complexity index is 1130. The van der Waals surface area contributed by atoms with Crippen molar-refractivity contribution in [3.63, 3.8) is 0 Å². The third kappa shape index (κ3) is 6.36. The fourth-order valence-electron chi connectivity index (χ4n) is 4.43. The summed E-state index contributed by atoms with van der Waals surface area (Å²) in [5.41, 5.74) is 5.00. The summed E-state index contributed by atoms with van der Waals surface area (Å²) in [6.45, 7) is 2.23. The molecule has 0 spiro atoms.